The third-order valence-electron chi connectivity index (χ3n) is 4.68. The highest BCUT2D eigenvalue weighted by Gasteiger charge is 2.12. The summed E-state index contributed by atoms with van der Waals surface area (Å²) in [5.74, 6) is 1.06. The van der Waals surface area contributed by atoms with Crippen molar-refractivity contribution in [3.63, 3.8) is 0 Å². The van der Waals surface area contributed by atoms with E-state index in [1.165, 1.54) is 6.26 Å². The van der Waals surface area contributed by atoms with Gasteiger partial charge in [-0.1, -0.05) is 12.2 Å². The first-order valence-corrected chi connectivity index (χ1v) is 12.7. The number of amides is 1. The Hall–Kier alpha value is -3.71. The molecule has 2 aromatic rings. The summed E-state index contributed by atoms with van der Waals surface area (Å²) in [4.78, 5) is 21.0. The van der Waals surface area contributed by atoms with E-state index in [0.717, 1.165) is 16.7 Å². The number of aromatic nitrogens is 2. The average molecular weight is 483 g/mol. The molecule has 1 heterocycles. The number of hydrogen-bond donors (Lipinski definition) is 2. The van der Waals surface area contributed by atoms with Gasteiger partial charge in [0, 0.05) is 35.1 Å². The number of hydrogen-bond acceptors (Lipinski definition) is 8. The van der Waals surface area contributed by atoms with Crippen LogP contribution >= 0.6 is 0 Å². The SMILES string of the molecule is C/C=C(\C=C(/C)c1cnc(Nc2ccc(S(C)(=O)=NC(=O)OCC)cc2)nc1NCC)CC#N. The van der Waals surface area contributed by atoms with E-state index < -0.39 is 15.8 Å². The molecular weight excluding hydrogens is 452 g/mol. The molecule has 2 N–H and O–H groups in total. The molecule has 1 amide bonds. The molecule has 1 atom stereocenters. The van der Waals surface area contributed by atoms with Crippen LogP contribution in [0.5, 0.6) is 0 Å². The molecule has 1 aromatic carbocycles. The minimum absolute atomic E-state index is 0.167. The predicted molar refractivity (Wildman–Crippen MR) is 135 cm³/mol. The van der Waals surface area contributed by atoms with Crippen molar-refractivity contribution in [1.29, 1.82) is 5.26 Å². The van der Waals surface area contributed by atoms with Gasteiger partial charge < -0.3 is 15.4 Å². The highest BCUT2D eigenvalue weighted by atomic mass is 32.2. The normalized spacial score (nSPS) is 13.4. The molecule has 0 bridgehead atoms. The first kappa shape index (κ1) is 26.5. The van der Waals surface area contributed by atoms with Gasteiger partial charge in [0.1, 0.15) is 5.82 Å². The lowest BCUT2D eigenvalue weighted by molar-refractivity contribution is 0.164. The Balaban J connectivity index is 2.29. The van der Waals surface area contributed by atoms with Gasteiger partial charge in [-0.05, 0) is 63.1 Å². The highest BCUT2D eigenvalue weighted by molar-refractivity contribution is 7.93. The Kier molecular flexibility index (Phi) is 9.76. The fraction of sp³-hybridized carbons (Fsp3) is 0.333. The molecule has 34 heavy (non-hydrogen) atoms. The Bertz CT molecular complexity index is 1240. The fourth-order valence-electron chi connectivity index (χ4n) is 2.98. The van der Waals surface area contributed by atoms with Crippen molar-refractivity contribution in [3.8, 4) is 6.07 Å². The molecule has 1 unspecified atom stereocenters. The van der Waals surface area contributed by atoms with Gasteiger partial charge in [-0.3, -0.25) is 0 Å². The summed E-state index contributed by atoms with van der Waals surface area (Å²) in [5.41, 5.74) is 3.39. The van der Waals surface area contributed by atoms with Crippen LogP contribution in [0, 0.1) is 11.3 Å². The summed E-state index contributed by atoms with van der Waals surface area (Å²) in [7, 11) is -2.92. The van der Waals surface area contributed by atoms with Gasteiger partial charge in [-0.2, -0.15) is 10.2 Å². The van der Waals surface area contributed by atoms with Crippen molar-refractivity contribution in [2.45, 2.75) is 39.0 Å². The fourth-order valence-corrected chi connectivity index (χ4v) is 4.06. The number of nitrogens with zero attached hydrogens (tertiary/aromatic N) is 4. The third-order valence-corrected chi connectivity index (χ3v) is 6.32. The van der Waals surface area contributed by atoms with Crippen molar-refractivity contribution in [1.82, 2.24) is 9.97 Å². The van der Waals surface area contributed by atoms with Gasteiger partial charge in [-0.15, -0.1) is 4.36 Å². The number of allylic oxidation sites excluding steroid dienone is 4. The Labute approximate surface area is 201 Å². The van der Waals surface area contributed by atoms with Crippen LogP contribution in [0.25, 0.3) is 5.57 Å². The second kappa shape index (κ2) is 12.5. The zero-order valence-corrected chi connectivity index (χ0v) is 20.9. The maximum Gasteiger partial charge on any atom is 0.442 e. The van der Waals surface area contributed by atoms with Gasteiger partial charge in [0.15, 0.2) is 0 Å². The topological polar surface area (TPSA) is 129 Å². The van der Waals surface area contributed by atoms with E-state index in [4.69, 9.17) is 10.00 Å². The summed E-state index contributed by atoms with van der Waals surface area (Å²) in [6.45, 7) is 8.34. The van der Waals surface area contributed by atoms with Crippen molar-refractivity contribution < 1.29 is 13.7 Å². The molecule has 2 rings (SSSR count). The van der Waals surface area contributed by atoms with E-state index in [0.29, 0.717) is 35.3 Å². The lowest BCUT2D eigenvalue weighted by atomic mass is 10.0. The number of anilines is 3. The molecule has 9 nitrogen and oxygen atoms in total. The minimum Gasteiger partial charge on any atom is -0.448 e. The quantitative estimate of drug-likeness (QED) is 0.446. The molecule has 180 valence electrons. The van der Waals surface area contributed by atoms with E-state index in [9.17, 15) is 9.00 Å². The summed E-state index contributed by atoms with van der Waals surface area (Å²) in [6, 6.07) is 8.86. The van der Waals surface area contributed by atoms with Crippen LogP contribution in [0.1, 0.15) is 39.7 Å². The molecule has 0 fully saturated rings. The van der Waals surface area contributed by atoms with Crippen LogP contribution < -0.4 is 10.6 Å². The second-order valence-corrected chi connectivity index (χ2v) is 9.51. The van der Waals surface area contributed by atoms with Crippen molar-refractivity contribution in [2.75, 3.05) is 30.0 Å². The highest BCUT2D eigenvalue weighted by Crippen LogP contribution is 2.26. The number of nitriles is 1. The van der Waals surface area contributed by atoms with Crippen molar-refractivity contribution >= 4 is 38.8 Å². The first-order valence-electron chi connectivity index (χ1n) is 10.8. The molecule has 0 aliphatic carbocycles. The number of ether oxygens (including phenoxy) is 1. The molecule has 10 heteroatoms. The molecule has 0 saturated heterocycles. The van der Waals surface area contributed by atoms with E-state index in [-0.39, 0.29) is 6.61 Å². The maximum absolute atomic E-state index is 12.8. The van der Waals surface area contributed by atoms with E-state index in [1.807, 2.05) is 32.9 Å². The van der Waals surface area contributed by atoms with E-state index >= 15 is 0 Å². The number of nitrogens with one attached hydrogen (secondary N) is 2. The maximum atomic E-state index is 12.8. The number of rotatable bonds is 9. The summed E-state index contributed by atoms with van der Waals surface area (Å²) >= 11 is 0. The van der Waals surface area contributed by atoms with Gasteiger partial charge in [0.25, 0.3) is 0 Å². The lowest BCUT2D eigenvalue weighted by Gasteiger charge is -2.13. The first-order chi connectivity index (χ1) is 16.2. The number of carbonyl (C=O) groups excluding carboxylic acids is 1. The molecule has 0 spiro atoms. The Morgan fingerprint density at radius 2 is 2.00 bits per heavy atom. The molecule has 0 aliphatic rings. The van der Waals surface area contributed by atoms with E-state index in [2.05, 4.69) is 31.0 Å². The van der Waals surface area contributed by atoms with Crippen LogP contribution in [-0.2, 0) is 14.5 Å². The Morgan fingerprint density at radius 3 is 2.59 bits per heavy atom. The van der Waals surface area contributed by atoms with Gasteiger partial charge >= 0.3 is 6.09 Å². The van der Waals surface area contributed by atoms with Gasteiger partial charge in [-0.25, -0.2) is 14.0 Å². The molecule has 0 aliphatic heterocycles. The zero-order chi connectivity index (χ0) is 25.1. The predicted octanol–water partition coefficient (Wildman–Crippen LogP) is 5.53. The van der Waals surface area contributed by atoms with E-state index in [1.54, 1.807) is 37.4 Å². The largest absolute Gasteiger partial charge is 0.448 e. The smallest absolute Gasteiger partial charge is 0.442 e. The number of benzene rings is 1. The lowest BCUT2D eigenvalue weighted by Crippen LogP contribution is -2.07. The minimum atomic E-state index is -2.92. The zero-order valence-electron chi connectivity index (χ0n) is 20.1. The number of carbonyl (C=O) groups is 1. The average Bonchev–Trinajstić information content (AvgIpc) is 2.79. The van der Waals surface area contributed by atoms with Crippen molar-refractivity contribution in [3.05, 3.63) is 53.8 Å². The van der Waals surface area contributed by atoms with Gasteiger partial charge in [0.05, 0.1) is 28.8 Å². The molecular formula is C24H30N6O3S. The third kappa shape index (κ3) is 7.42. The Morgan fingerprint density at radius 1 is 1.29 bits per heavy atom. The van der Waals surface area contributed by atoms with Crippen molar-refractivity contribution in [2.24, 2.45) is 4.36 Å². The molecule has 0 saturated carbocycles. The van der Waals surface area contributed by atoms with Crippen LogP contribution in [-0.4, -0.2) is 39.7 Å². The monoisotopic (exact) mass is 482 g/mol. The standard InChI is InChI=1S/C24H30N6O3S/c1-6-18(13-14-25)15-17(4)21-16-27-23(29-22(21)26-7-2)28-19-9-11-20(12-10-19)34(5,32)30-24(31)33-8-3/h6,9-12,15-16H,7-8,13H2,1-5H3,(H2,26,27,28,29)/b17-15+,18-6-. The van der Waals surface area contributed by atoms with Crippen LogP contribution in [0.3, 0.4) is 0 Å². The molecule has 0 radical (unpaired) electrons. The summed E-state index contributed by atoms with van der Waals surface area (Å²) in [5, 5.41) is 15.4. The van der Waals surface area contributed by atoms with Crippen LogP contribution in [0.2, 0.25) is 0 Å². The summed E-state index contributed by atoms with van der Waals surface area (Å²) < 4.78 is 21.2. The van der Waals surface area contributed by atoms with Crippen LogP contribution in [0.4, 0.5) is 22.2 Å². The van der Waals surface area contributed by atoms with Crippen LogP contribution in [0.15, 0.2) is 57.4 Å². The summed E-state index contributed by atoms with van der Waals surface area (Å²) in [6.07, 6.45) is 6.47. The van der Waals surface area contributed by atoms with Gasteiger partial charge in [0.2, 0.25) is 5.95 Å². The second-order valence-electron chi connectivity index (χ2n) is 7.25. The molecule has 1 aromatic heterocycles.